The minimum Gasteiger partial charge on any atom is -1.00 e. The lowest BCUT2D eigenvalue weighted by Crippen LogP contribution is -3.00. The molecular weight excluding hydrogens is 350 g/mol. The van der Waals surface area contributed by atoms with E-state index in [1.165, 1.54) is 100 Å². The Bertz CT molecular complexity index is 427. The van der Waals surface area contributed by atoms with Crippen LogP contribution in [0.2, 0.25) is 0 Å². The first kappa shape index (κ1) is 26.5. The van der Waals surface area contributed by atoms with Crippen LogP contribution in [-0.4, -0.2) is 23.6 Å². The topological polar surface area (TPSA) is 0 Å². The number of hydrogen-bond acceptors (Lipinski definition) is 0. The molecule has 0 saturated carbocycles. The smallest absolute Gasteiger partial charge is 0.105 e. The Morgan fingerprint density at radius 3 is 1.67 bits per heavy atom. The minimum atomic E-state index is 0. The van der Waals surface area contributed by atoms with Crippen LogP contribution in [0.1, 0.15) is 104 Å². The molecule has 0 amide bonds. The Labute approximate surface area is 176 Å². The van der Waals surface area contributed by atoms with Gasteiger partial charge in [0.2, 0.25) is 0 Å². The first-order valence-electron chi connectivity index (χ1n) is 11.6. The molecule has 1 nitrogen and oxygen atoms in total. The van der Waals surface area contributed by atoms with Crippen LogP contribution in [0.5, 0.6) is 0 Å². The lowest BCUT2D eigenvalue weighted by atomic mass is 10.0. The molecule has 0 aliphatic heterocycles. The second-order valence-corrected chi connectivity index (χ2v) is 8.31. The first-order valence-corrected chi connectivity index (χ1v) is 11.6. The predicted octanol–water partition coefficient (Wildman–Crippen LogP) is 4.75. The number of hydrogen-bond donors (Lipinski definition) is 0. The molecule has 1 unspecified atom stereocenters. The van der Waals surface area contributed by atoms with Crippen LogP contribution in [-0.2, 0) is 6.54 Å². The van der Waals surface area contributed by atoms with Crippen LogP contribution in [0.25, 0.3) is 0 Å². The number of halogens is 1. The maximum absolute atomic E-state index is 2.49. The first-order chi connectivity index (χ1) is 12.7. The van der Waals surface area contributed by atoms with Crippen molar-refractivity contribution >= 4 is 0 Å². The third kappa shape index (κ3) is 10.5. The van der Waals surface area contributed by atoms with Crippen molar-refractivity contribution in [3.05, 3.63) is 35.9 Å². The SMILES string of the molecule is CCCCCCCCCCCCC(C)[N+](CC)(CC)Cc1ccccc1.[Cl-]. The van der Waals surface area contributed by atoms with Gasteiger partial charge >= 0.3 is 0 Å². The van der Waals surface area contributed by atoms with Crippen molar-refractivity contribution in [2.24, 2.45) is 0 Å². The van der Waals surface area contributed by atoms with Gasteiger partial charge in [-0.2, -0.15) is 0 Å². The highest BCUT2D eigenvalue weighted by atomic mass is 35.5. The molecular formula is C25H46ClN. The van der Waals surface area contributed by atoms with Crippen molar-refractivity contribution in [3.63, 3.8) is 0 Å². The second kappa shape index (κ2) is 16.4. The summed E-state index contributed by atoms with van der Waals surface area (Å²) in [6.07, 6.45) is 15.7. The summed E-state index contributed by atoms with van der Waals surface area (Å²) < 4.78 is 1.24. The Kier molecular flexibility index (Phi) is 16.1. The molecule has 1 atom stereocenters. The van der Waals surface area contributed by atoms with Gasteiger partial charge in [0.05, 0.1) is 19.1 Å². The summed E-state index contributed by atoms with van der Waals surface area (Å²) >= 11 is 0. The summed E-state index contributed by atoms with van der Waals surface area (Å²) in [5.74, 6) is 0. The lowest BCUT2D eigenvalue weighted by Gasteiger charge is -2.42. The Morgan fingerprint density at radius 2 is 1.19 bits per heavy atom. The number of nitrogens with zero attached hydrogens (tertiary/aromatic N) is 1. The summed E-state index contributed by atoms with van der Waals surface area (Å²) in [5, 5.41) is 0. The van der Waals surface area contributed by atoms with Gasteiger partial charge in [0.1, 0.15) is 6.54 Å². The number of quaternary nitrogens is 1. The fourth-order valence-electron chi connectivity index (χ4n) is 4.37. The molecule has 1 rings (SSSR count). The normalized spacial score (nSPS) is 12.6. The van der Waals surface area contributed by atoms with Crippen LogP contribution in [0.3, 0.4) is 0 Å². The van der Waals surface area contributed by atoms with Crippen LogP contribution in [0.15, 0.2) is 30.3 Å². The van der Waals surface area contributed by atoms with Gasteiger partial charge in [0, 0.05) is 5.56 Å². The van der Waals surface area contributed by atoms with Gasteiger partial charge in [-0.15, -0.1) is 0 Å². The van der Waals surface area contributed by atoms with Gasteiger partial charge in [-0.1, -0.05) is 95.0 Å². The third-order valence-electron chi connectivity index (χ3n) is 6.51. The zero-order valence-electron chi connectivity index (χ0n) is 18.7. The Morgan fingerprint density at radius 1 is 0.704 bits per heavy atom. The van der Waals surface area contributed by atoms with Crippen molar-refractivity contribution in [1.29, 1.82) is 0 Å². The summed E-state index contributed by atoms with van der Waals surface area (Å²) in [5.41, 5.74) is 1.49. The zero-order valence-corrected chi connectivity index (χ0v) is 19.4. The van der Waals surface area contributed by atoms with Crippen LogP contribution in [0.4, 0.5) is 0 Å². The predicted molar refractivity (Wildman–Crippen MR) is 117 cm³/mol. The van der Waals surface area contributed by atoms with E-state index in [-0.39, 0.29) is 12.4 Å². The summed E-state index contributed by atoms with van der Waals surface area (Å²) in [6.45, 7) is 13.2. The van der Waals surface area contributed by atoms with Gasteiger partial charge in [0.15, 0.2) is 0 Å². The average Bonchev–Trinajstić information content (AvgIpc) is 2.68. The molecule has 0 saturated heterocycles. The van der Waals surface area contributed by atoms with Crippen LogP contribution < -0.4 is 12.4 Å². The monoisotopic (exact) mass is 395 g/mol. The molecule has 27 heavy (non-hydrogen) atoms. The van der Waals surface area contributed by atoms with E-state index >= 15 is 0 Å². The van der Waals surface area contributed by atoms with Crippen molar-refractivity contribution in [2.75, 3.05) is 13.1 Å². The molecule has 0 fully saturated rings. The van der Waals surface area contributed by atoms with Crippen molar-refractivity contribution in [3.8, 4) is 0 Å². The molecule has 2 heteroatoms. The molecule has 158 valence electrons. The van der Waals surface area contributed by atoms with Gasteiger partial charge in [-0.05, 0) is 33.6 Å². The third-order valence-corrected chi connectivity index (χ3v) is 6.51. The standard InChI is InChI=1S/C25H46N.ClH/c1-5-8-9-10-11-12-13-14-15-17-20-24(4)26(6-2,7-3)23-25-21-18-16-19-22-25;/h16,18-19,21-22,24H,5-15,17,20,23H2,1-4H3;1H/q+1;/p-1. The number of unbranched alkanes of at least 4 members (excludes halogenated alkanes) is 9. The summed E-state index contributed by atoms with van der Waals surface area (Å²) in [4.78, 5) is 0. The number of rotatable bonds is 16. The van der Waals surface area contributed by atoms with Crippen LogP contribution >= 0.6 is 0 Å². The van der Waals surface area contributed by atoms with Gasteiger partial charge in [-0.25, -0.2) is 0 Å². The average molecular weight is 396 g/mol. The molecule has 1 aromatic carbocycles. The molecule has 0 heterocycles. The maximum Gasteiger partial charge on any atom is 0.105 e. The minimum absolute atomic E-state index is 0. The molecule has 1 aromatic rings. The summed E-state index contributed by atoms with van der Waals surface area (Å²) in [7, 11) is 0. The van der Waals surface area contributed by atoms with Crippen LogP contribution in [0, 0.1) is 0 Å². The van der Waals surface area contributed by atoms with E-state index < -0.39 is 0 Å². The quantitative estimate of drug-likeness (QED) is 0.280. The molecule has 0 N–H and O–H groups in total. The van der Waals surface area contributed by atoms with E-state index in [1.54, 1.807) is 0 Å². The molecule has 0 aliphatic carbocycles. The van der Waals surface area contributed by atoms with Gasteiger partial charge < -0.3 is 16.9 Å². The van der Waals surface area contributed by atoms with E-state index in [9.17, 15) is 0 Å². The fraction of sp³-hybridized carbons (Fsp3) is 0.760. The van der Waals surface area contributed by atoms with E-state index in [1.807, 2.05) is 0 Å². The molecule has 0 aromatic heterocycles. The molecule has 0 radical (unpaired) electrons. The molecule has 0 aliphatic rings. The highest BCUT2D eigenvalue weighted by Crippen LogP contribution is 2.23. The number of benzene rings is 1. The summed E-state index contributed by atoms with van der Waals surface area (Å²) in [6, 6.07) is 11.9. The van der Waals surface area contributed by atoms with Crippen molar-refractivity contribution in [2.45, 2.75) is 111 Å². The maximum atomic E-state index is 2.49. The van der Waals surface area contributed by atoms with E-state index in [4.69, 9.17) is 0 Å². The molecule has 0 spiro atoms. The Hall–Kier alpha value is -0.530. The highest BCUT2D eigenvalue weighted by molar-refractivity contribution is 5.13. The van der Waals surface area contributed by atoms with Crippen molar-refractivity contribution < 1.29 is 16.9 Å². The van der Waals surface area contributed by atoms with Gasteiger partial charge in [-0.3, -0.25) is 0 Å². The van der Waals surface area contributed by atoms with E-state index in [2.05, 4.69) is 58.0 Å². The fourth-order valence-corrected chi connectivity index (χ4v) is 4.37. The largest absolute Gasteiger partial charge is 1.00 e. The zero-order chi connectivity index (χ0) is 19.1. The Balaban J connectivity index is 0.00000676. The second-order valence-electron chi connectivity index (χ2n) is 8.31. The van der Waals surface area contributed by atoms with E-state index in [0.717, 1.165) is 6.04 Å². The molecule has 0 bridgehead atoms. The highest BCUT2D eigenvalue weighted by Gasteiger charge is 2.30. The van der Waals surface area contributed by atoms with Gasteiger partial charge in [0.25, 0.3) is 0 Å². The lowest BCUT2D eigenvalue weighted by molar-refractivity contribution is -0.959. The van der Waals surface area contributed by atoms with E-state index in [0.29, 0.717) is 0 Å². The van der Waals surface area contributed by atoms with Crippen molar-refractivity contribution in [1.82, 2.24) is 0 Å².